The predicted octanol–water partition coefficient (Wildman–Crippen LogP) is 11.7. The molecule has 8 heteroatoms. The van der Waals surface area contributed by atoms with Gasteiger partial charge in [-0.1, -0.05) is 142 Å². The fourth-order valence-electron chi connectivity index (χ4n) is 5.09. The van der Waals surface area contributed by atoms with Gasteiger partial charge in [-0.2, -0.15) is 11.8 Å². The van der Waals surface area contributed by atoms with E-state index in [2.05, 4.69) is 23.8 Å². The Kier molecular flexibility index (Phi) is 28.2. The van der Waals surface area contributed by atoms with Gasteiger partial charge in [-0.3, -0.25) is 9.59 Å². The minimum Gasteiger partial charge on any atom is -0.466 e. The van der Waals surface area contributed by atoms with E-state index in [0.717, 1.165) is 36.7 Å². The largest absolute Gasteiger partial charge is 0.466 e. The fourth-order valence-corrected chi connectivity index (χ4v) is 6.13. The summed E-state index contributed by atoms with van der Waals surface area (Å²) < 4.78 is 11.3. The highest BCUT2D eigenvalue weighted by Crippen LogP contribution is 2.13. The number of unbranched alkanes of at least 4 members (excludes halogenated alkanes) is 18. The molecule has 0 bridgehead atoms. The van der Waals surface area contributed by atoms with E-state index in [0.29, 0.717) is 42.3 Å². The molecule has 1 aromatic heterocycles. The maximum Gasteiger partial charge on any atom is 0.306 e. The van der Waals surface area contributed by atoms with Crippen LogP contribution in [-0.4, -0.2) is 46.6 Å². The summed E-state index contributed by atoms with van der Waals surface area (Å²) in [5.41, 5.74) is 2.13. The van der Waals surface area contributed by atoms with E-state index >= 15 is 0 Å². The predicted molar refractivity (Wildman–Crippen MR) is 196 cm³/mol. The van der Waals surface area contributed by atoms with Crippen molar-refractivity contribution in [3.63, 3.8) is 0 Å². The number of aromatic amines is 2. The van der Waals surface area contributed by atoms with E-state index < -0.39 is 0 Å². The summed E-state index contributed by atoms with van der Waals surface area (Å²) in [5, 5.41) is 0. The number of thioether (sulfide) groups is 1. The maximum absolute atomic E-state index is 11.8. The second-order valence-electron chi connectivity index (χ2n) is 12.0. The number of rotatable bonds is 28. The van der Waals surface area contributed by atoms with Crippen molar-refractivity contribution in [3.05, 3.63) is 29.0 Å². The lowest BCUT2D eigenvalue weighted by Gasteiger charge is -2.06. The van der Waals surface area contributed by atoms with Gasteiger partial charge in [0.05, 0.1) is 37.1 Å². The first-order valence-corrected chi connectivity index (χ1v) is 19.7. The monoisotopic (exact) mass is 664 g/mol. The van der Waals surface area contributed by atoms with Crippen molar-refractivity contribution in [1.82, 2.24) is 9.97 Å². The molecule has 0 saturated carbocycles. The molecule has 0 atom stereocenters. The molecule has 0 aliphatic heterocycles. The third-order valence-corrected chi connectivity index (χ3v) is 9.04. The molecule has 2 N–H and O–H groups in total. The van der Waals surface area contributed by atoms with Gasteiger partial charge in [0.25, 0.3) is 0 Å². The molecule has 1 aromatic carbocycles. The van der Waals surface area contributed by atoms with Gasteiger partial charge in [0.15, 0.2) is 4.77 Å². The Bertz CT molecular complexity index is 947. The summed E-state index contributed by atoms with van der Waals surface area (Å²) in [5.74, 6) is 1.19. The molecule has 258 valence electrons. The zero-order chi connectivity index (χ0) is 32.6. The van der Waals surface area contributed by atoms with Crippen LogP contribution in [0.15, 0.2) is 24.3 Å². The number of aromatic nitrogens is 2. The van der Waals surface area contributed by atoms with E-state index in [1.807, 2.05) is 24.3 Å². The topological polar surface area (TPSA) is 84.2 Å². The average molecular weight is 665 g/mol. The van der Waals surface area contributed by atoms with Gasteiger partial charge < -0.3 is 19.4 Å². The Morgan fingerprint density at radius 1 is 0.578 bits per heavy atom. The first-order valence-electron chi connectivity index (χ1n) is 18.1. The molecule has 0 unspecified atom stereocenters. The molecule has 2 aromatic rings. The smallest absolute Gasteiger partial charge is 0.306 e. The number of imidazole rings is 1. The molecule has 0 spiro atoms. The average Bonchev–Trinajstić information content (AvgIpc) is 3.42. The number of carbonyl (C=O) groups is 2. The molecule has 0 amide bonds. The zero-order valence-electron chi connectivity index (χ0n) is 28.6. The van der Waals surface area contributed by atoms with Crippen molar-refractivity contribution < 1.29 is 19.1 Å². The number of nitrogens with one attached hydrogen (secondary N) is 2. The van der Waals surface area contributed by atoms with Gasteiger partial charge in [0.1, 0.15) is 0 Å². The normalized spacial score (nSPS) is 10.9. The summed E-state index contributed by atoms with van der Waals surface area (Å²) in [4.78, 5) is 29.6. The Morgan fingerprint density at radius 3 is 1.27 bits per heavy atom. The van der Waals surface area contributed by atoms with E-state index in [4.69, 9.17) is 21.7 Å². The Balaban J connectivity index is 0.000000836. The van der Waals surface area contributed by atoms with Crippen molar-refractivity contribution in [2.45, 2.75) is 155 Å². The van der Waals surface area contributed by atoms with Crippen LogP contribution in [0.4, 0.5) is 0 Å². The molecule has 0 saturated heterocycles. The SMILES string of the molecule is CCCCCCCCCCCCOC(=O)CCSCCC(=O)OCCCCCCCCCCCC.S=c1[nH]c2ccccc2[nH]1. The van der Waals surface area contributed by atoms with Crippen LogP contribution in [0.1, 0.15) is 155 Å². The van der Waals surface area contributed by atoms with Crippen molar-refractivity contribution in [1.29, 1.82) is 0 Å². The van der Waals surface area contributed by atoms with Crippen LogP contribution >= 0.6 is 24.0 Å². The van der Waals surface area contributed by atoms with E-state index in [-0.39, 0.29) is 11.9 Å². The van der Waals surface area contributed by atoms with Crippen molar-refractivity contribution in [2.75, 3.05) is 24.7 Å². The second kappa shape index (κ2) is 30.8. The second-order valence-corrected chi connectivity index (χ2v) is 13.7. The maximum atomic E-state index is 11.8. The molecule has 6 nitrogen and oxygen atoms in total. The highest BCUT2D eigenvalue weighted by atomic mass is 32.2. The summed E-state index contributed by atoms with van der Waals surface area (Å²) in [6.45, 7) is 5.60. The quantitative estimate of drug-likeness (QED) is 0.0535. The minimum atomic E-state index is -0.114. The lowest BCUT2D eigenvalue weighted by Crippen LogP contribution is -2.09. The number of hydrogen-bond acceptors (Lipinski definition) is 6. The van der Waals surface area contributed by atoms with Crippen molar-refractivity contribution in [3.8, 4) is 0 Å². The van der Waals surface area contributed by atoms with Gasteiger partial charge in [0, 0.05) is 11.5 Å². The molecule has 0 aliphatic carbocycles. The van der Waals surface area contributed by atoms with E-state index in [9.17, 15) is 9.59 Å². The highest BCUT2D eigenvalue weighted by Gasteiger charge is 2.06. The lowest BCUT2D eigenvalue weighted by atomic mass is 10.1. The lowest BCUT2D eigenvalue weighted by molar-refractivity contribution is -0.144. The number of hydrogen-bond donors (Lipinski definition) is 2. The molecule has 1 heterocycles. The van der Waals surface area contributed by atoms with Crippen LogP contribution in [0.5, 0.6) is 0 Å². The van der Waals surface area contributed by atoms with Gasteiger partial charge in [-0.05, 0) is 37.2 Å². The summed E-state index contributed by atoms with van der Waals surface area (Å²) in [7, 11) is 0. The fraction of sp³-hybridized carbons (Fsp3) is 0.757. The molecule has 45 heavy (non-hydrogen) atoms. The van der Waals surface area contributed by atoms with Gasteiger partial charge in [0.2, 0.25) is 0 Å². The van der Waals surface area contributed by atoms with Crippen LogP contribution in [-0.2, 0) is 19.1 Å². The van der Waals surface area contributed by atoms with Crippen LogP contribution < -0.4 is 0 Å². The molecule has 0 radical (unpaired) electrons. The summed E-state index contributed by atoms with van der Waals surface area (Å²) in [6.07, 6.45) is 26.5. The van der Waals surface area contributed by atoms with E-state index in [1.165, 1.54) is 103 Å². The van der Waals surface area contributed by atoms with E-state index in [1.54, 1.807) is 11.8 Å². The highest BCUT2D eigenvalue weighted by molar-refractivity contribution is 7.99. The van der Waals surface area contributed by atoms with Gasteiger partial charge >= 0.3 is 11.9 Å². The molecule has 0 fully saturated rings. The standard InChI is InChI=1S/C30H58O4S.C7H6N2S/c1-3-5-7-9-11-13-15-17-19-21-25-33-29(31)23-27-35-28-24-30(32)34-26-22-20-18-16-14-12-10-8-6-4-2;10-7-8-5-3-1-2-4-6(5)9-7/h3-28H2,1-2H3;1-4H,(H2,8,9,10). The number of H-pyrrole nitrogens is 2. The summed E-state index contributed by atoms with van der Waals surface area (Å²) >= 11 is 6.53. The minimum absolute atomic E-state index is 0.114. The Morgan fingerprint density at radius 2 is 0.911 bits per heavy atom. The van der Waals surface area contributed by atoms with Crippen molar-refractivity contribution in [2.24, 2.45) is 0 Å². The van der Waals surface area contributed by atoms with Gasteiger partial charge in [-0.25, -0.2) is 0 Å². The van der Waals surface area contributed by atoms with Crippen LogP contribution in [0.25, 0.3) is 11.0 Å². The van der Waals surface area contributed by atoms with Crippen LogP contribution in [0.2, 0.25) is 0 Å². The third kappa shape index (κ3) is 26.0. The zero-order valence-corrected chi connectivity index (χ0v) is 30.3. The van der Waals surface area contributed by atoms with Crippen molar-refractivity contribution >= 4 is 47.0 Å². The van der Waals surface area contributed by atoms with Crippen LogP contribution in [0.3, 0.4) is 0 Å². The Labute approximate surface area is 284 Å². The molecular weight excluding hydrogens is 601 g/mol. The van der Waals surface area contributed by atoms with Crippen LogP contribution in [0, 0.1) is 4.77 Å². The number of carbonyl (C=O) groups excluding carboxylic acids is 2. The Hall–Kier alpha value is -1.80. The number of ether oxygens (including phenoxy) is 2. The molecule has 2 rings (SSSR count). The molecule has 0 aliphatic rings. The summed E-state index contributed by atoms with van der Waals surface area (Å²) in [6, 6.07) is 7.92. The number of para-hydroxylation sites is 2. The first kappa shape index (κ1) is 41.2. The third-order valence-electron chi connectivity index (χ3n) is 7.85. The number of benzene rings is 1. The van der Waals surface area contributed by atoms with Gasteiger partial charge in [-0.15, -0.1) is 0 Å². The molecular formula is C37H64N2O4S2. The number of fused-ring (bicyclic) bond motifs is 1. The first-order chi connectivity index (χ1) is 22.1. The number of esters is 2.